The molecule has 2 rings (SSSR count). The fourth-order valence-corrected chi connectivity index (χ4v) is 3.53. The molecular formula is C22H31NO6S. The highest BCUT2D eigenvalue weighted by Crippen LogP contribution is 2.43. The minimum atomic E-state index is -0.990. The van der Waals surface area contributed by atoms with Crippen LogP contribution in [0.25, 0.3) is 5.57 Å². The van der Waals surface area contributed by atoms with Crippen LogP contribution in [0.5, 0.6) is 0 Å². The van der Waals surface area contributed by atoms with Crippen LogP contribution in [0.1, 0.15) is 53.5 Å². The number of hydrogen-bond donors (Lipinski definition) is 1. The minimum Gasteiger partial charge on any atom is -0.485 e. The summed E-state index contributed by atoms with van der Waals surface area (Å²) < 4.78 is 17.3. The van der Waals surface area contributed by atoms with Crippen LogP contribution in [0.3, 0.4) is 0 Å². The molecule has 1 N–H and O–H groups in total. The first kappa shape index (κ1) is 24.2. The van der Waals surface area contributed by atoms with Gasteiger partial charge in [0.25, 0.3) is 5.90 Å². The normalized spacial score (nSPS) is 21.4. The van der Waals surface area contributed by atoms with Crippen molar-refractivity contribution in [3.05, 3.63) is 35.6 Å². The summed E-state index contributed by atoms with van der Waals surface area (Å²) in [6, 6.07) is 6.82. The molecule has 1 aliphatic heterocycles. The van der Waals surface area contributed by atoms with Gasteiger partial charge in [0.2, 0.25) is 0 Å². The second-order valence-electron chi connectivity index (χ2n) is 7.86. The Balaban J connectivity index is 2.60. The molecule has 30 heavy (non-hydrogen) atoms. The lowest BCUT2D eigenvalue weighted by Gasteiger charge is -2.25. The molecule has 1 aliphatic rings. The lowest BCUT2D eigenvalue weighted by atomic mass is 9.88. The Morgan fingerprint density at radius 2 is 1.87 bits per heavy atom. The van der Waals surface area contributed by atoms with E-state index < -0.39 is 17.6 Å². The van der Waals surface area contributed by atoms with Crippen molar-refractivity contribution in [2.45, 2.75) is 70.6 Å². The number of carboxylic acid groups (broad SMARTS) is 1. The maximum atomic E-state index is 11.7. The molecule has 2 atom stereocenters. The Morgan fingerprint density at radius 1 is 1.23 bits per heavy atom. The van der Waals surface area contributed by atoms with E-state index in [0.29, 0.717) is 12.2 Å². The SMILES string of the molecule is CC[C@]1(C)OC(=N[C@H](C(=O)O)C(C)C)C(OC(C)C)=C1c1ccc(SOOC)cc1. The number of ether oxygens (including phenoxy) is 2. The standard InChI is InChI=1S/C22H31NO6S/c1-8-22(6)17(15-9-11-16(12-10-15)30-29-26-7)19(27-14(4)5)20(28-22)23-18(13(2)3)21(24)25/h9-14,18H,8H2,1-7H3,(H,24,25)/t18-,22-/m0/s1. The van der Waals surface area contributed by atoms with Crippen LogP contribution in [0, 0.1) is 5.92 Å². The van der Waals surface area contributed by atoms with Gasteiger partial charge in [0.1, 0.15) is 5.60 Å². The van der Waals surface area contributed by atoms with E-state index in [1.165, 1.54) is 7.11 Å². The number of carbonyl (C=O) groups is 1. The summed E-state index contributed by atoms with van der Waals surface area (Å²) in [5.74, 6) is -0.441. The van der Waals surface area contributed by atoms with E-state index in [-0.39, 0.29) is 17.9 Å². The van der Waals surface area contributed by atoms with Gasteiger partial charge in [0, 0.05) is 4.90 Å². The average molecular weight is 438 g/mol. The van der Waals surface area contributed by atoms with Crippen LogP contribution < -0.4 is 0 Å². The number of benzene rings is 1. The maximum Gasteiger partial charge on any atom is 0.328 e. The van der Waals surface area contributed by atoms with Gasteiger partial charge in [-0.3, -0.25) is 0 Å². The molecule has 1 aromatic rings. The van der Waals surface area contributed by atoms with Crippen molar-refractivity contribution in [3.8, 4) is 0 Å². The highest BCUT2D eigenvalue weighted by Gasteiger charge is 2.44. The molecule has 1 heterocycles. The fourth-order valence-electron chi connectivity index (χ4n) is 3.14. The third-order valence-electron chi connectivity index (χ3n) is 4.78. The smallest absolute Gasteiger partial charge is 0.328 e. The minimum absolute atomic E-state index is 0.129. The molecule has 0 fully saturated rings. The summed E-state index contributed by atoms with van der Waals surface area (Å²) in [5, 5.41) is 9.60. The van der Waals surface area contributed by atoms with Gasteiger partial charge in [-0.2, -0.15) is 4.33 Å². The van der Waals surface area contributed by atoms with Crippen LogP contribution in [-0.4, -0.2) is 41.8 Å². The molecule has 0 radical (unpaired) electrons. The predicted octanol–water partition coefficient (Wildman–Crippen LogP) is 5.11. The van der Waals surface area contributed by atoms with E-state index in [0.717, 1.165) is 28.1 Å². The van der Waals surface area contributed by atoms with Gasteiger partial charge in [0.15, 0.2) is 11.8 Å². The number of nitrogens with zero attached hydrogens (tertiary/aromatic N) is 1. The van der Waals surface area contributed by atoms with Gasteiger partial charge in [-0.05, 0) is 50.8 Å². The molecule has 0 saturated carbocycles. The zero-order chi connectivity index (χ0) is 22.5. The molecule has 8 heteroatoms. The molecule has 0 amide bonds. The zero-order valence-corrected chi connectivity index (χ0v) is 19.4. The van der Waals surface area contributed by atoms with Crippen molar-refractivity contribution in [2.75, 3.05) is 7.11 Å². The first-order valence-electron chi connectivity index (χ1n) is 10.0. The van der Waals surface area contributed by atoms with Crippen LogP contribution >= 0.6 is 12.0 Å². The molecule has 0 saturated heterocycles. The van der Waals surface area contributed by atoms with E-state index >= 15 is 0 Å². The molecular weight excluding hydrogens is 406 g/mol. The average Bonchev–Trinajstić information content (AvgIpc) is 2.95. The van der Waals surface area contributed by atoms with Crippen LogP contribution in [0.2, 0.25) is 0 Å². The molecule has 0 bridgehead atoms. The van der Waals surface area contributed by atoms with Crippen molar-refractivity contribution in [1.82, 2.24) is 0 Å². The molecule has 0 aromatic heterocycles. The number of aliphatic carboxylic acids is 1. The molecule has 1 aromatic carbocycles. The first-order chi connectivity index (χ1) is 14.1. The Kier molecular flexibility index (Phi) is 8.34. The first-order valence-corrected chi connectivity index (χ1v) is 10.8. The third kappa shape index (κ3) is 5.56. The summed E-state index contributed by atoms with van der Waals surface area (Å²) in [5.41, 5.74) is 1.08. The van der Waals surface area contributed by atoms with Gasteiger partial charge in [-0.25, -0.2) is 14.7 Å². The van der Waals surface area contributed by atoms with Crippen LogP contribution in [0.15, 0.2) is 39.9 Å². The number of aliphatic imine (C=N–C) groups is 1. The van der Waals surface area contributed by atoms with Gasteiger partial charge < -0.3 is 14.6 Å². The van der Waals surface area contributed by atoms with Crippen molar-refractivity contribution in [3.63, 3.8) is 0 Å². The number of carboxylic acids is 1. The second kappa shape index (κ2) is 10.3. The van der Waals surface area contributed by atoms with E-state index in [1.54, 1.807) is 0 Å². The molecule has 166 valence electrons. The Morgan fingerprint density at radius 3 is 2.33 bits per heavy atom. The predicted molar refractivity (Wildman–Crippen MR) is 117 cm³/mol. The summed E-state index contributed by atoms with van der Waals surface area (Å²) in [6.45, 7) is 11.5. The molecule has 0 unspecified atom stereocenters. The Labute approximate surface area is 182 Å². The largest absolute Gasteiger partial charge is 0.485 e. The van der Waals surface area contributed by atoms with Gasteiger partial charge in [-0.15, -0.1) is 0 Å². The summed E-state index contributed by atoms with van der Waals surface area (Å²) in [7, 11) is 1.45. The number of rotatable bonds is 10. The van der Waals surface area contributed by atoms with Crippen molar-refractivity contribution >= 4 is 29.5 Å². The molecule has 0 aliphatic carbocycles. The van der Waals surface area contributed by atoms with E-state index in [1.807, 2.05) is 65.8 Å². The van der Waals surface area contributed by atoms with Crippen molar-refractivity contribution in [2.24, 2.45) is 10.9 Å². The Hall–Kier alpha value is -2.03. The van der Waals surface area contributed by atoms with E-state index in [9.17, 15) is 9.90 Å². The summed E-state index contributed by atoms with van der Waals surface area (Å²) in [4.78, 5) is 21.7. The van der Waals surface area contributed by atoms with Gasteiger partial charge >= 0.3 is 5.97 Å². The number of hydrogen-bond acceptors (Lipinski definition) is 7. The highest BCUT2D eigenvalue weighted by atomic mass is 32.2. The highest BCUT2D eigenvalue weighted by molar-refractivity contribution is 7.94. The molecule has 0 spiro atoms. The summed E-state index contributed by atoms with van der Waals surface area (Å²) >= 11 is 1.11. The lowest BCUT2D eigenvalue weighted by Crippen LogP contribution is -2.29. The third-order valence-corrected chi connectivity index (χ3v) is 5.45. The van der Waals surface area contributed by atoms with E-state index in [4.69, 9.17) is 13.8 Å². The monoisotopic (exact) mass is 437 g/mol. The zero-order valence-electron chi connectivity index (χ0n) is 18.6. The van der Waals surface area contributed by atoms with Crippen molar-refractivity contribution < 1.29 is 28.6 Å². The second-order valence-corrected chi connectivity index (χ2v) is 8.64. The van der Waals surface area contributed by atoms with Crippen LogP contribution in [0.4, 0.5) is 0 Å². The molecule has 7 nitrogen and oxygen atoms in total. The van der Waals surface area contributed by atoms with Crippen LogP contribution in [-0.2, 0) is 23.5 Å². The van der Waals surface area contributed by atoms with Gasteiger partial charge in [-0.1, -0.05) is 32.9 Å². The fraction of sp³-hybridized carbons (Fsp3) is 0.545. The lowest BCUT2D eigenvalue weighted by molar-refractivity contribution is -0.160. The Bertz CT molecular complexity index is 802. The van der Waals surface area contributed by atoms with Gasteiger partial charge in [0.05, 0.1) is 30.8 Å². The van der Waals surface area contributed by atoms with Crippen molar-refractivity contribution in [1.29, 1.82) is 0 Å². The quantitative estimate of drug-likeness (QED) is 0.309. The maximum absolute atomic E-state index is 11.7. The topological polar surface area (TPSA) is 86.6 Å². The van der Waals surface area contributed by atoms with E-state index in [2.05, 4.69) is 9.88 Å². The summed E-state index contributed by atoms with van der Waals surface area (Å²) in [6.07, 6.45) is 0.532.